The normalized spacial score (nSPS) is 17.9. The number of allylic oxidation sites excluding steroid dienone is 1. The largest absolute Gasteiger partial charge is 0.449 e. The Morgan fingerprint density at radius 2 is 1.89 bits per heavy atom. The van der Waals surface area contributed by atoms with Crippen LogP contribution in [0.1, 0.15) is 85.4 Å². The van der Waals surface area contributed by atoms with Crippen molar-refractivity contribution in [2.24, 2.45) is 5.41 Å². The molecule has 2 aromatic rings. The van der Waals surface area contributed by atoms with Crippen LogP contribution in [-0.4, -0.2) is 51.5 Å². The van der Waals surface area contributed by atoms with Crippen LogP contribution in [0.2, 0.25) is 0 Å². The molecule has 1 aromatic carbocycles. The lowest BCUT2D eigenvalue weighted by Gasteiger charge is -2.31. The summed E-state index contributed by atoms with van der Waals surface area (Å²) in [6.07, 6.45) is 6.95. The van der Waals surface area contributed by atoms with Crippen LogP contribution in [0.3, 0.4) is 0 Å². The molecule has 2 aliphatic rings. The average molecular weight is 481 g/mol. The highest BCUT2D eigenvalue weighted by molar-refractivity contribution is 5.96. The number of hydrogen-bond donors (Lipinski definition) is 0. The summed E-state index contributed by atoms with van der Waals surface area (Å²) < 4.78 is 22.3. The van der Waals surface area contributed by atoms with Gasteiger partial charge in [0, 0.05) is 29.6 Å². The Labute approximate surface area is 205 Å². The number of Topliss-reactive ketones (excluding diaryl/α,β-unsaturated/α-hetero) is 1. The topological polar surface area (TPSA) is 77.3 Å². The van der Waals surface area contributed by atoms with Crippen molar-refractivity contribution < 1.29 is 18.7 Å². The highest BCUT2D eigenvalue weighted by atomic mass is 19.1. The van der Waals surface area contributed by atoms with Gasteiger partial charge in [0.05, 0.1) is 18.3 Å². The van der Waals surface area contributed by atoms with Crippen molar-refractivity contribution in [1.29, 1.82) is 0 Å². The first kappa shape index (κ1) is 24.8. The van der Waals surface area contributed by atoms with Crippen LogP contribution in [0.25, 0.3) is 17.7 Å². The van der Waals surface area contributed by atoms with E-state index in [0.29, 0.717) is 47.7 Å². The predicted octanol–water partition coefficient (Wildman–Crippen LogP) is 5.71. The third-order valence-corrected chi connectivity index (χ3v) is 7.21. The average Bonchev–Trinajstić information content (AvgIpc) is 3.44. The van der Waals surface area contributed by atoms with Gasteiger partial charge in [-0.2, -0.15) is 0 Å². The number of nitrogens with zero attached hydrogens (tertiary/aromatic N) is 4. The lowest BCUT2D eigenvalue weighted by molar-refractivity contribution is 0.0734. The summed E-state index contributed by atoms with van der Waals surface area (Å²) in [6.45, 7) is 12.6. The third-order valence-electron chi connectivity index (χ3n) is 7.21. The summed E-state index contributed by atoms with van der Waals surface area (Å²) in [5.41, 5.74) is 3.35. The quantitative estimate of drug-likeness (QED) is 0.475. The van der Waals surface area contributed by atoms with Crippen LogP contribution in [0.4, 0.5) is 9.18 Å². The molecule has 1 saturated carbocycles. The van der Waals surface area contributed by atoms with E-state index in [9.17, 15) is 14.0 Å². The van der Waals surface area contributed by atoms with Gasteiger partial charge in [0.25, 0.3) is 0 Å². The minimum atomic E-state index is -0.408. The van der Waals surface area contributed by atoms with Crippen molar-refractivity contribution in [2.45, 2.75) is 59.4 Å². The van der Waals surface area contributed by atoms with Crippen molar-refractivity contribution in [1.82, 2.24) is 19.9 Å². The molecule has 0 bridgehead atoms. The van der Waals surface area contributed by atoms with E-state index in [1.54, 1.807) is 36.1 Å². The van der Waals surface area contributed by atoms with Crippen LogP contribution < -0.4 is 0 Å². The number of ketones is 1. The van der Waals surface area contributed by atoms with Gasteiger partial charge in [0.2, 0.25) is 0 Å². The fourth-order valence-corrected chi connectivity index (χ4v) is 4.52. The summed E-state index contributed by atoms with van der Waals surface area (Å²) in [5.74, 6) is -0.572. The fourth-order valence-electron chi connectivity index (χ4n) is 4.52. The van der Waals surface area contributed by atoms with Crippen molar-refractivity contribution in [3.05, 3.63) is 52.6 Å². The number of carbonyl (C=O) groups excluding carboxylic acids is 2. The number of benzene rings is 1. The maximum absolute atomic E-state index is 15.0. The standard InChI is InChI=1S/C27H33FN4O3/c1-6-24-23(15-17(2)21-7-8-22(19(4)33)18(3)25(21)28)29-30-32(24)20-9-13-31(14-10-20)26(34)35-16-27(5)11-12-27/h6-8,15,20H,1,9-14,16H2,2-5H3/b17-15+. The van der Waals surface area contributed by atoms with Gasteiger partial charge in [-0.3, -0.25) is 4.79 Å². The first-order chi connectivity index (χ1) is 16.6. The summed E-state index contributed by atoms with van der Waals surface area (Å²) in [7, 11) is 0. The van der Waals surface area contributed by atoms with Crippen LogP contribution in [-0.2, 0) is 4.74 Å². The molecule has 0 atom stereocenters. The molecule has 1 amide bonds. The molecule has 7 nitrogen and oxygen atoms in total. The van der Waals surface area contributed by atoms with Crippen molar-refractivity contribution in [2.75, 3.05) is 19.7 Å². The van der Waals surface area contributed by atoms with Gasteiger partial charge in [-0.15, -0.1) is 5.10 Å². The maximum Gasteiger partial charge on any atom is 0.409 e. The van der Waals surface area contributed by atoms with Crippen molar-refractivity contribution >= 4 is 29.6 Å². The Bertz CT molecular complexity index is 1190. The lowest BCUT2D eigenvalue weighted by Crippen LogP contribution is -2.40. The van der Waals surface area contributed by atoms with Gasteiger partial charge < -0.3 is 9.64 Å². The molecule has 4 rings (SSSR count). The zero-order valence-electron chi connectivity index (χ0n) is 20.9. The molecule has 186 valence electrons. The monoisotopic (exact) mass is 480 g/mol. The number of rotatable bonds is 7. The Morgan fingerprint density at radius 1 is 1.23 bits per heavy atom. The number of carbonyl (C=O) groups is 2. The predicted molar refractivity (Wildman–Crippen MR) is 133 cm³/mol. The van der Waals surface area contributed by atoms with Crippen molar-refractivity contribution in [3.63, 3.8) is 0 Å². The Morgan fingerprint density at radius 3 is 2.49 bits per heavy atom. The summed E-state index contributed by atoms with van der Waals surface area (Å²) in [6, 6.07) is 3.36. The second-order valence-electron chi connectivity index (χ2n) is 10.1. The van der Waals surface area contributed by atoms with Crippen LogP contribution >= 0.6 is 0 Å². The zero-order chi connectivity index (χ0) is 25.3. The Balaban J connectivity index is 1.46. The first-order valence-electron chi connectivity index (χ1n) is 12.1. The second kappa shape index (κ2) is 9.76. The number of amides is 1. The number of hydrogen-bond acceptors (Lipinski definition) is 5. The van der Waals surface area contributed by atoms with Crippen LogP contribution in [0.5, 0.6) is 0 Å². The number of likely N-dealkylation sites (tertiary alicyclic amines) is 1. The molecule has 1 saturated heterocycles. The Kier molecular flexibility index (Phi) is 6.92. The smallest absolute Gasteiger partial charge is 0.409 e. The van der Waals surface area contributed by atoms with Gasteiger partial charge in [-0.1, -0.05) is 30.8 Å². The van der Waals surface area contributed by atoms with E-state index in [-0.39, 0.29) is 23.3 Å². The highest BCUT2D eigenvalue weighted by Crippen LogP contribution is 2.45. The van der Waals surface area contributed by atoms with E-state index in [0.717, 1.165) is 31.4 Å². The third kappa shape index (κ3) is 5.21. The number of ether oxygens (including phenoxy) is 1. The van der Waals surface area contributed by atoms with Crippen LogP contribution in [0.15, 0.2) is 18.7 Å². The lowest BCUT2D eigenvalue weighted by atomic mass is 9.97. The first-order valence-corrected chi connectivity index (χ1v) is 12.1. The SMILES string of the molecule is C=Cc1c(/C=C(\C)c2ccc(C(C)=O)c(C)c2F)nnn1C1CCN(C(=O)OCC2(C)CC2)CC1. The van der Waals surface area contributed by atoms with E-state index in [1.165, 1.54) is 6.92 Å². The van der Waals surface area contributed by atoms with Gasteiger partial charge in [-0.05, 0) is 69.7 Å². The number of piperidine rings is 1. The van der Waals surface area contributed by atoms with Gasteiger partial charge in [-0.25, -0.2) is 13.9 Å². The molecule has 0 spiro atoms. The number of aromatic nitrogens is 3. The molecular weight excluding hydrogens is 447 g/mol. The molecule has 35 heavy (non-hydrogen) atoms. The summed E-state index contributed by atoms with van der Waals surface area (Å²) in [4.78, 5) is 25.9. The van der Waals surface area contributed by atoms with E-state index in [2.05, 4.69) is 23.8 Å². The summed E-state index contributed by atoms with van der Waals surface area (Å²) >= 11 is 0. The molecule has 0 unspecified atom stereocenters. The van der Waals surface area contributed by atoms with Crippen LogP contribution in [0, 0.1) is 18.2 Å². The molecule has 2 fully saturated rings. The van der Waals surface area contributed by atoms with E-state index >= 15 is 0 Å². The molecule has 0 N–H and O–H groups in total. The zero-order valence-corrected chi connectivity index (χ0v) is 20.9. The Hall–Kier alpha value is -3.29. The molecule has 2 heterocycles. The molecule has 1 aliphatic heterocycles. The van der Waals surface area contributed by atoms with Gasteiger partial charge in [0.15, 0.2) is 5.78 Å². The van der Waals surface area contributed by atoms with E-state index in [1.807, 2.05) is 11.6 Å². The minimum absolute atomic E-state index is 0.0804. The molecule has 8 heteroatoms. The molecule has 1 aromatic heterocycles. The molecule has 0 radical (unpaired) electrons. The second-order valence-corrected chi connectivity index (χ2v) is 10.1. The fraction of sp³-hybridized carbons (Fsp3) is 0.481. The minimum Gasteiger partial charge on any atom is -0.449 e. The molecular formula is C27H33FN4O3. The van der Waals surface area contributed by atoms with Crippen molar-refractivity contribution in [3.8, 4) is 0 Å². The van der Waals surface area contributed by atoms with E-state index in [4.69, 9.17) is 4.74 Å². The maximum atomic E-state index is 15.0. The van der Waals surface area contributed by atoms with E-state index < -0.39 is 5.82 Å². The van der Waals surface area contributed by atoms with Gasteiger partial charge in [0.1, 0.15) is 11.5 Å². The van der Waals surface area contributed by atoms with Gasteiger partial charge >= 0.3 is 6.09 Å². The highest BCUT2D eigenvalue weighted by Gasteiger charge is 2.39. The number of halogens is 1. The molecule has 1 aliphatic carbocycles. The summed E-state index contributed by atoms with van der Waals surface area (Å²) in [5, 5.41) is 8.69.